The van der Waals surface area contributed by atoms with Crippen LogP contribution >= 0.6 is 0 Å². The number of hydrogen-bond acceptors (Lipinski definition) is 2. The fourth-order valence-corrected chi connectivity index (χ4v) is 2.08. The first-order valence-corrected chi connectivity index (χ1v) is 5.53. The Kier molecular flexibility index (Phi) is 1.96. The van der Waals surface area contributed by atoms with Gasteiger partial charge in [0, 0.05) is 17.1 Å². The fourth-order valence-electron chi connectivity index (χ4n) is 2.08. The summed E-state index contributed by atoms with van der Waals surface area (Å²) in [7, 11) is 0. The smallest absolute Gasteiger partial charge is 0.157 e. The van der Waals surface area contributed by atoms with Crippen molar-refractivity contribution in [2.75, 3.05) is 0 Å². The number of para-hydroxylation sites is 1. The predicted molar refractivity (Wildman–Crippen MR) is 65.6 cm³/mol. The van der Waals surface area contributed by atoms with E-state index in [0.717, 1.165) is 22.1 Å². The average Bonchev–Trinajstić information content (AvgIpc) is 2.67. The van der Waals surface area contributed by atoms with Gasteiger partial charge in [0.05, 0.1) is 0 Å². The molecule has 0 aliphatic rings. The Hall–Kier alpha value is -1.83. The van der Waals surface area contributed by atoms with Gasteiger partial charge in [0.1, 0.15) is 11.1 Å². The summed E-state index contributed by atoms with van der Waals surface area (Å²) >= 11 is 0. The Bertz CT molecular complexity index is 652. The molecule has 0 aliphatic heterocycles. The summed E-state index contributed by atoms with van der Waals surface area (Å²) in [6.45, 7) is 4.34. The number of hydrogen-bond donors (Lipinski definition) is 0. The fraction of sp³-hybridized carbons (Fsp3) is 0.214. The lowest BCUT2D eigenvalue weighted by atomic mass is 10.0. The van der Waals surface area contributed by atoms with E-state index in [2.05, 4.69) is 24.9 Å². The second-order valence-corrected chi connectivity index (χ2v) is 4.33. The van der Waals surface area contributed by atoms with Gasteiger partial charge >= 0.3 is 0 Å². The van der Waals surface area contributed by atoms with E-state index in [0.29, 0.717) is 5.92 Å². The van der Waals surface area contributed by atoms with Gasteiger partial charge in [0.25, 0.3) is 0 Å². The van der Waals surface area contributed by atoms with Crippen molar-refractivity contribution in [1.82, 2.24) is 4.98 Å². The van der Waals surface area contributed by atoms with Crippen LogP contribution in [0.5, 0.6) is 0 Å². The van der Waals surface area contributed by atoms with Gasteiger partial charge in [-0.3, -0.25) is 4.98 Å². The van der Waals surface area contributed by atoms with Crippen LogP contribution in [-0.2, 0) is 0 Å². The molecule has 0 radical (unpaired) electrons. The number of aromatic nitrogens is 1. The first-order valence-electron chi connectivity index (χ1n) is 5.53. The zero-order valence-corrected chi connectivity index (χ0v) is 9.40. The highest BCUT2D eigenvalue weighted by atomic mass is 16.3. The van der Waals surface area contributed by atoms with Crippen LogP contribution in [0.3, 0.4) is 0 Å². The Morgan fingerprint density at radius 2 is 1.94 bits per heavy atom. The molecule has 0 aliphatic carbocycles. The predicted octanol–water partition coefficient (Wildman–Crippen LogP) is 4.10. The van der Waals surface area contributed by atoms with Crippen LogP contribution in [0.4, 0.5) is 0 Å². The Morgan fingerprint density at radius 1 is 1.12 bits per heavy atom. The molecule has 0 N–H and O–H groups in total. The quantitative estimate of drug-likeness (QED) is 0.605. The van der Waals surface area contributed by atoms with Crippen LogP contribution in [0.15, 0.2) is 40.9 Å². The van der Waals surface area contributed by atoms with E-state index in [-0.39, 0.29) is 0 Å². The molecule has 0 saturated carbocycles. The highest BCUT2D eigenvalue weighted by Gasteiger charge is 2.12. The molecule has 0 spiro atoms. The summed E-state index contributed by atoms with van der Waals surface area (Å²) < 4.78 is 5.88. The molecule has 0 saturated heterocycles. The lowest BCUT2D eigenvalue weighted by Crippen LogP contribution is -1.88. The van der Waals surface area contributed by atoms with E-state index < -0.39 is 0 Å². The van der Waals surface area contributed by atoms with Crippen molar-refractivity contribution < 1.29 is 4.42 Å². The Balaban J connectivity index is 2.49. The lowest BCUT2D eigenvalue weighted by Gasteiger charge is -2.03. The number of benzene rings is 1. The highest BCUT2D eigenvalue weighted by Crippen LogP contribution is 2.31. The van der Waals surface area contributed by atoms with E-state index in [1.165, 1.54) is 5.56 Å². The van der Waals surface area contributed by atoms with Crippen LogP contribution in [0.2, 0.25) is 0 Å². The van der Waals surface area contributed by atoms with Crippen LogP contribution in [0, 0.1) is 0 Å². The van der Waals surface area contributed by atoms with Crippen molar-refractivity contribution in [2.24, 2.45) is 0 Å². The third-order valence-corrected chi connectivity index (χ3v) is 2.91. The molecule has 0 atom stereocenters. The molecule has 1 aromatic carbocycles. The topological polar surface area (TPSA) is 26.0 Å². The maximum Gasteiger partial charge on any atom is 0.157 e. The second-order valence-electron chi connectivity index (χ2n) is 4.33. The van der Waals surface area contributed by atoms with Crippen molar-refractivity contribution in [3.8, 4) is 0 Å². The minimum Gasteiger partial charge on any atom is -0.454 e. The summed E-state index contributed by atoms with van der Waals surface area (Å²) in [6.07, 6.45) is 1.86. The number of pyridine rings is 1. The normalized spacial score (nSPS) is 11.7. The molecule has 2 heterocycles. The molecule has 3 rings (SSSR count). The van der Waals surface area contributed by atoms with E-state index in [1.54, 1.807) is 0 Å². The van der Waals surface area contributed by atoms with Gasteiger partial charge in [-0.25, -0.2) is 0 Å². The number of nitrogens with zero attached hydrogens (tertiary/aromatic N) is 1. The molecular weight excluding hydrogens is 198 g/mol. The molecule has 2 aromatic heterocycles. The molecule has 80 valence electrons. The SMILES string of the molecule is CC(C)c1ccnc2c1oc1ccccc12. The summed E-state index contributed by atoms with van der Waals surface area (Å²) in [6, 6.07) is 10.1. The van der Waals surface area contributed by atoms with Crippen molar-refractivity contribution in [3.63, 3.8) is 0 Å². The maximum atomic E-state index is 5.88. The molecule has 0 unspecified atom stereocenters. The first-order chi connectivity index (χ1) is 7.77. The van der Waals surface area contributed by atoms with Gasteiger partial charge in [-0.2, -0.15) is 0 Å². The van der Waals surface area contributed by atoms with Gasteiger partial charge < -0.3 is 4.42 Å². The number of fused-ring (bicyclic) bond motifs is 3. The highest BCUT2D eigenvalue weighted by molar-refractivity contribution is 6.03. The standard InChI is InChI=1S/C14H13NO/c1-9(2)10-7-8-15-13-11-5-3-4-6-12(11)16-14(10)13/h3-9H,1-2H3. The molecular formula is C14H13NO. The van der Waals surface area contributed by atoms with Gasteiger partial charge in [0.15, 0.2) is 5.58 Å². The van der Waals surface area contributed by atoms with Gasteiger partial charge in [-0.05, 0) is 24.1 Å². The Labute approximate surface area is 93.9 Å². The van der Waals surface area contributed by atoms with Gasteiger partial charge in [0.2, 0.25) is 0 Å². The van der Waals surface area contributed by atoms with Crippen molar-refractivity contribution in [3.05, 3.63) is 42.1 Å². The van der Waals surface area contributed by atoms with Crippen LogP contribution < -0.4 is 0 Å². The molecule has 2 nitrogen and oxygen atoms in total. The number of rotatable bonds is 1. The lowest BCUT2D eigenvalue weighted by molar-refractivity contribution is 0.656. The van der Waals surface area contributed by atoms with E-state index >= 15 is 0 Å². The zero-order valence-electron chi connectivity index (χ0n) is 9.40. The minimum atomic E-state index is 0.450. The molecule has 16 heavy (non-hydrogen) atoms. The summed E-state index contributed by atoms with van der Waals surface area (Å²) in [4.78, 5) is 4.42. The molecule has 2 heteroatoms. The van der Waals surface area contributed by atoms with Crippen molar-refractivity contribution in [1.29, 1.82) is 0 Å². The molecule has 0 bridgehead atoms. The van der Waals surface area contributed by atoms with E-state index in [1.807, 2.05) is 30.5 Å². The molecule has 0 amide bonds. The van der Waals surface area contributed by atoms with E-state index in [9.17, 15) is 0 Å². The summed E-state index contributed by atoms with van der Waals surface area (Å²) in [5.74, 6) is 0.450. The third-order valence-electron chi connectivity index (χ3n) is 2.91. The summed E-state index contributed by atoms with van der Waals surface area (Å²) in [5, 5.41) is 1.10. The van der Waals surface area contributed by atoms with Crippen molar-refractivity contribution in [2.45, 2.75) is 19.8 Å². The first kappa shape index (κ1) is 9.40. The van der Waals surface area contributed by atoms with Crippen molar-refractivity contribution >= 4 is 22.1 Å². The van der Waals surface area contributed by atoms with Gasteiger partial charge in [-0.15, -0.1) is 0 Å². The second kappa shape index (κ2) is 3.34. The van der Waals surface area contributed by atoms with Crippen LogP contribution in [0.1, 0.15) is 25.3 Å². The Morgan fingerprint density at radius 3 is 2.75 bits per heavy atom. The largest absolute Gasteiger partial charge is 0.454 e. The molecule has 0 fully saturated rings. The maximum absolute atomic E-state index is 5.88. The third kappa shape index (κ3) is 1.23. The zero-order chi connectivity index (χ0) is 11.1. The average molecular weight is 211 g/mol. The van der Waals surface area contributed by atoms with Gasteiger partial charge in [-0.1, -0.05) is 26.0 Å². The summed E-state index contributed by atoms with van der Waals surface area (Å²) in [5.41, 5.74) is 4.04. The van der Waals surface area contributed by atoms with Crippen LogP contribution in [0.25, 0.3) is 22.1 Å². The number of furan rings is 1. The minimum absolute atomic E-state index is 0.450. The van der Waals surface area contributed by atoms with Crippen LogP contribution in [-0.4, -0.2) is 4.98 Å². The van der Waals surface area contributed by atoms with E-state index in [4.69, 9.17) is 4.42 Å². The molecule has 3 aromatic rings. The monoisotopic (exact) mass is 211 g/mol.